The number of hydrogen-bond acceptors (Lipinski definition) is 5. The first kappa shape index (κ1) is 22.1. The number of halogens is 1. The van der Waals surface area contributed by atoms with Crippen molar-refractivity contribution in [1.82, 2.24) is 19.3 Å². The molecule has 0 aliphatic rings. The Morgan fingerprint density at radius 3 is 2.59 bits per heavy atom. The highest BCUT2D eigenvalue weighted by molar-refractivity contribution is 7.92. The molecular formula is C22H21BClN5O2S. The van der Waals surface area contributed by atoms with Crippen LogP contribution in [0, 0.1) is 0 Å². The smallest absolute Gasteiger partial charge is 0.233 e. The number of benzene rings is 2. The largest absolute Gasteiger partial charge is 0.369 e. The average molecular weight is 466 g/mol. The van der Waals surface area contributed by atoms with Gasteiger partial charge in [0.2, 0.25) is 10.0 Å². The molecule has 32 heavy (non-hydrogen) atoms. The van der Waals surface area contributed by atoms with Crippen LogP contribution in [-0.2, 0) is 10.0 Å². The van der Waals surface area contributed by atoms with Gasteiger partial charge in [-0.2, -0.15) is 9.61 Å². The molecule has 2 heterocycles. The number of anilines is 1. The summed E-state index contributed by atoms with van der Waals surface area (Å²) < 4.78 is 28.7. The lowest BCUT2D eigenvalue weighted by Gasteiger charge is -2.12. The number of fused-ring (bicyclic) bond motifs is 1. The number of aromatic nitrogens is 3. The van der Waals surface area contributed by atoms with E-state index in [1.54, 1.807) is 16.8 Å². The Morgan fingerprint density at radius 1 is 1.06 bits per heavy atom. The van der Waals surface area contributed by atoms with Crippen LogP contribution >= 0.6 is 11.6 Å². The summed E-state index contributed by atoms with van der Waals surface area (Å²) in [5, 5.41) is 9.39. The SMILES string of the molecule is Bc1cnn2c(NCCNS(=O)(=O)/C=C/c3ccccc3)cc(-c3ccccc3Cl)nc12. The van der Waals surface area contributed by atoms with Crippen LogP contribution in [0.2, 0.25) is 5.02 Å². The lowest BCUT2D eigenvalue weighted by Crippen LogP contribution is -2.27. The molecule has 2 N–H and O–H groups in total. The van der Waals surface area contributed by atoms with Gasteiger partial charge in [0.1, 0.15) is 13.7 Å². The fourth-order valence-corrected chi connectivity index (χ4v) is 4.22. The Bertz CT molecular complexity index is 1370. The molecule has 2 aromatic heterocycles. The monoisotopic (exact) mass is 465 g/mol. The van der Waals surface area contributed by atoms with E-state index in [1.165, 1.54) is 5.41 Å². The first-order chi connectivity index (χ1) is 15.4. The van der Waals surface area contributed by atoms with Crippen LogP contribution in [-0.4, -0.2) is 44.0 Å². The molecule has 2 aromatic carbocycles. The van der Waals surface area contributed by atoms with E-state index in [0.29, 0.717) is 28.7 Å². The molecule has 0 spiro atoms. The van der Waals surface area contributed by atoms with Crippen molar-refractivity contribution in [2.75, 3.05) is 18.4 Å². The summed E-state index contributed by atoms with van der Waals surface area (Å²) in [5.74, 6) is 0.692. The lowest BCUT2D eigenvalue weighted by atomic mass is 10.0. The van der Waals surface area contributed by atoms with E-state index >= 15 is 0 Å². The van der Waals surface area contributed by atoms with Gasteiger partial charge >= 0.3 is 0 Å². The molecule has 0 fully saturated rings. The van der Waals surface area contributed by atoms with E-state index < -0.39 is 10.0 Å². The van der Waals surface area contributed by atoms with Gasteiger partial charge in [0, 0.05) is 41.3 Å². The summed E-state index contributed by atoms with van der Waals surface area (Å²) in [4.78, 5) is 4.70. The van der Waals surface area contributed by atoms with Crippen molar-refractivity contribution >= 4 is 52.5 Å². The Kier molecular flexibility index (Phi) is 6.59. The zero-order chi connectivity index (χ0) is 22.6. The predicted molar refractivity (Wildman–Crippen MR) is 132 cm³/mol. The second-order valence-corrected chi connectivity index (χ2v) is 9.21. The fraction of sp³-hybridized carbons (Fsp3) is 0.0909. The van der Waals surface area contributed by atoms with Gasteiger partial charge in [0.15, 0.2) is 5.65 Å². The third-order valence-corrected chi connectivity index (χ3v) is 6.20. The topological polar surface area (TPSA) is 88.4 Å². The van der Waals surface area contributed by atoms with Crippen LogP contribution in [0.3, 0.4) is 0 Å². The summed E-state index contributed by atoms with van der Waals surface area (Å²) in [6.07, 6.45) is 3.30. The number of hydrogen-bond donors (Lipinski definition) is 2. The van der Waals surface area contributed by atoms with Gasteiger partial charge in [-0.3, -0.25) is 0 Å². The van der Waals surface area contributed by atoms with E-state index in [1.807, 2.05) is 68.5 Å². The molecular weight excluding hydrogens is 445 g/mol. The molecule has 0 saturated carbocycles. The minimum Gasteiger partial charge on any atom is -0.369 e. The Labute approximate surface area is 192 Å². The van der Waals surface area contributed by atoms with E-state index in [-0.39, 0.29) is 6.54 Å². The molecule has 4 rings (SSSR count). The Balaban J connectivity index is 1.47. The van der Waals surface area contributed by atoms with Crippen molar-refractivity contribution < 1.29 is 8.42 Å². The molecule has 0 amide bonds. The molecule has 0 saturated heterocycles. The zero-order valence-corrected chi connectivity index (χ0v) is 18.9. The van der Waals surface area contributed by atoms with E-state index in [4.69, 9.17) is 16.6 Å². The summed E-state index contributed by atoms with van der Waals surface area (Å²) in [5.41, 5.74) is 3.97. The van der Waals surface area contributed by atoms with Gasteiger partial charge in [-0.1, -0.05) is 60.1 Å². The van der Waals surface area contributed by atoms with Gasteiger partial charge < -0.3 is 5.32 Å². The second kappa shape index (κ2) is 9.56. The number of rotatable bonds is 8. The van der Waals surface area contributed by atoms with Crippen LogP contribution in [0.5, 0.6) is 0 Å². The molecule has 7 nitrogen and oxygen atoms in total. The number of nitrogens with zero attached hydrogens (tertiary/aromatic N) is 3. The van der Waals surface area contributed by atoms with Crippen LogP contribution in [0.1, 0.15) is 5.56 Å². The highest BCUT2D eigenvalue weighted by Gasteiger charge is 2.12. The van der Waals surface area contributed by atoms with Crippen molar-refractivity contribution in [1.29, 1.82) is 0 Å². The van der Waals surface area contributed by atoms with Crippen molar-refractivity contribution in [2.24, 2.45) is 0 Å². The van der Waals surface area contributed by atoms with Gasteiger partial charge in [0.25, 0.3) is 0 Å². The molecule has 0 radical (unpaired) electrons. The standard InChI is InChI=1S/C22H21BClN5O2S/c23-18-15-26-29-21(14-20(28-22(18)29)17-8-4-5-9-19(17)24)25-11-12-27-32(30,31)13-10-16-6-2-1-3-7-16/h1-10,13-15,25,27H,11-12,23H2/b13-10+. The highest BCUT2D eigenvalue weighted by Crippen LogP contribution is 2.28. The molecule has 0 bridgehead atoms. The third-order valence-electron chi connectivity index (χ3n) is 4.77. The van der Waals surface area contributed by atoms with Gasteiger partial charge in [0.05, 0.1) is 5.69 Å². The molecule has 0 aliphatic heterocycles. The molecule has 10 heteroatoms. The lowest BCUT2D eigenvalue weighted by molar-refractivity contribution is 0.592. The van der Waals surface area contributed by atoms with Crippen LogP contribution in [0.15, 0.2) is 72.3 Å². The number of nitrogens with one attached hydrogen (secondary N) is 2. The van der Waals surface area contributed by atoms with Gasteiger partial charge in [-0.15, -0.1) is 0 Å². The van der Waals surface area contributed by atoms with Gasteiger partial charge in [-0.05, 0) is 23.2 Å². The zero-order valence-electron chi connectivity index (χ0n) is 17.4. The third kappa shape index (κ3) is 5.19. The van der Waals surface area contributed by atoms with Crippen LogP contribution < -0.4 is 15.5 Å². The quantitative estimate of drug-likeness (QED) is 0.308. The van der Waals surface area contributed by atoms with Crippen molar-refractivity contribution in [2.45, 2.75) is 0 Å². The first-order valence-electron chi connectivity index (χ1n) is 10.00. The Hall–Kier alpha value is -3.14. The van der Waals surface area contributed by atoms with E-state index in [9.17, 15) is 8.42 Å². The van der Waals surface area contributed by atoms with Crippen molar-refractivity contribution in [3.8, 4) is 11.3 Å². The average Bonchev–Trinajstić information content (AvgIpc) is 3.17. The van der Waals surface area contributed by atoms with Crippen molar-refractivity contribution in [3.05, 3.63) is 82.9 Å². The highest BCUT2D eigenvalue weighted by atomic mass is 35.5. The maximum atomic E-state index is 12.2. The van der Waals surface area contributed by atoms with E-state index in [0.717, 1.165) is 16.6 Å². The molecule has 0 atom stereocenters. The summed E-state index contributed by atoms with van der Waals surface area (Å²) >= 11 is 6.36. The van der Waals surface area contributed by atoms with Gasteiger partial charge in [-0.25, -0.2) is 18.1 Å². The normalized spacial score (nSPS) is 11.9. The van der Waals surface area contributed by atoms with Crippen molar-refractivity contribution in [3.63, 3.8) is 0 Å². The first-order valence-corrected chi connectivity index (χ1v) is 11.9. The summed E-state index contributed by atoms with van der Waals surface area (Å²) in [7, 11) is -1.62. The maximum Gasteiger partial charge on any atom is 0.233 e. The van der Waals surface area contributed by atoms with E-state index in [2.05, 4.69) is 15.1 Å². The number of sulfonamides is 1. The predicted octanol–water partition coefficient (Wildman–Crippen LogP) is 2.31. The van der Waals surface area contributed by atoms with Crippen LogP contribution in [0.4, 0.5) is 5.82 Å². The minimum absolute atomic E-state index is 0.201. The minimum atomic E-state index is -3.55. The Morgan fingerprint density at radius 2 is 1.81 bits per heavy atom. The molecule has 0 aliphatic carbocycles. The summed E-state index contributed by atoms with van der Waals surface area (Å²) in [6.45, 7) is 0.561. The van der Waals surface area contributed by atoms with Crippen LogP contribution in [0.25, 0.3) is 23.0 Å². The fourth-order valence-electron chi connectivity index (χ4n) is 3.17. The summed E-state index contributed by atoms with van der Waals surface area (Å²) in [6, 6.07) is 18.6. The molecule has 162 valence electrons. The molecule has 4 aromatic rings. The molecule has 0 unspecified atom stereocenters. The second-order valence-electron chi connectivity index (χ2n) is 7.15. The maximum absolute atomic E-state index is 12.2.